The molecular weight excluding hydrogens is 314 g/mol. The standard InChI is InChI=1S/C13H30O6P2/c1-7-11(3)18-21(17,19-12(4)8-2)10-13(5,6)9-20(14,15)16/h11-12H,7-10H2,1-6H3,(H2,14,15,16). The predicted octanol–water partition coefficient (Wildman–Crippen LogP) is 4.01. The molecule has 0 radical (unpaired) electrons. The first-order valence-electron chi connectivity index (χ1n) is 7.33. The highest BCUT2D eigenvalue weighted by atomic mass is 31.2. The van der Waals surface area contributed by atoms with Gasteiger partial charge in [-0.25, -0.2) is 0 Å². The fourth-order valence-electron chi connectivity index (χ4n) is 1.93. The fourth-order valence-corrected chi connectivity index (χ4v) is 6.09. The van der Waals surface area contributed by atoms with Crippen LogP contribution in [-0.4, -0.2) is 34.3 Å². The lowest BCUT2D eigenvalue weighted by atomic mass is 10.0. The zero-order chi connectivity index (χ0) is 16.9. The maximum absolute atomic E-state index is 13.0. The lowest BCUT2D eigenvalue weighted by Gasteiger charge is -2.32. The van der Waals surface area contributed by atoms with Gasteiger partial charge in [0.25, 0.3) is 0 Å². The Hall–Kier alpha value is 0.300. The van der Waals surface area contributed by atoms with E-state index >= 15 is 0 Å². The molecule has 0 spiro atoms. The van der Waals surface area contributed by atoms with Crippen molar-refractivity contribution in [1.82, 2.24) is 0 Å². The summed E-state index contributed by atoms with van der Waals surface area (Å²) in [5, 5.41) is 0. The molecule has 0 amide bonds. The second-order valence-electron chi connectivity index (χ2n) is 6.40. The minimum atomic E-state index is -4.19. The van der Waals surface area contributed by atoms with Gasteiger partial charge in [-0.3, -0.25) is 9.13 Å². The van der Waals surface area contributed by atoms with Gasteiger partial charge >= 0.3 is 15.2 Å². The lowest BCUT2D eigenvalue weighted by Crippen LogP contribution is -2.25. The molecule has 0 aromatic heterocycles. The van der Waals surface area contributed by atoms with Gasteiger partial charge in [0.15, 0.2) is 0 Å². The van der Waals surface area contributed by atoms with Crippen LogP contribution in [0.15, 0.2) is 0 Å². The van der Waals surface area contributed by atoms with Crippen LogP contribution in [0.5, 0.6) is 0 Å². The number of rotatable bonds is 10. The summed E-state index contributed by atoms with van der Waals surface area (Å²) in [4.78, 5) is 18.3. The van der Waals surface area contributed by atoms with E-state index in [2.05, 4.69) is 0 Å². The minimum Gasteiger partial charge on any atom is -0.324 e. The molecule has 128 valence electrons. The second-order valence-corrected chi connectivity index (χ2v) is 10.0. The largest absolute Gasteiger partial charge is 0.331 e. The Morgan fingerprint density at radius 1 is 0.952 bits per heavy atom. The molecule has 0 aliphatic heterocycles. The third-order valence-electron chi connectivity index (χ3n) is 3.09. The first kappa shape index (κ1) is 21.3. The summed E-state index contributed by atoms with van der Waals surface area (Å²) >= 11 is 0. The van der Waals surface area contributed by atoms with Crippen molar-refractivity contribution in [2.75, 3.05) is 12.3 Å². The van der Waals surface area contributed by atoms with Gasteiger partial charge in [-0.1, -0.05) is 27.7 Å². The van der Waals surface area contributed by atoms with Crippen molar-refractivity contribution in [3.63, 3.8) is 0 Å². The molecule has 0 aromatic rings. The maximum atomic E-state index is 13.0. The van der Waals surface area contributed by atoms with Gasteiger partial charge in [0.2, 0.25) is 0 Å². The predicted molar refractivity (Wildman–Crippen MR) is 84.8 cm³/mol. The van der Waals surface area contributed by atoms with Gasteiger partial charge in [0.05, 0.1) is 24.5 Å². The quantitative estimate of drug-likeness (QED) is 0.582. The van der Waals surface area contributed by atoms with E-state index < -0.39 is 20.6 Å². The van der Waals surface area contributed by atoms with Crippen molar-refractivity contribution in [1.29, 1.82) is 0 Å². The molecule has 0 saturated carbocycles. The van der Waals surface area contributed by atoms with Gasteiger partial charge in [-0.15, -0.1) is 0 Å². The zero-order valence-electron chi connectivity index (χ0n) is 13.9. The summed E-state index contributed by atoms with van der Waals surface area (Å²) in [7, 11) is -7.60. The van der Waals surface area contributed by atoms with Gasteiger partial charge < -0.3 is 18.8 Å². The molecule has 21 heavy (non-hydrogen) atoms. The van der Waals surface area contributed by atoms with E-state index in [0.29, 0.717) is 12.8 Å². The lowest BCUT2D eigenvalue weighted by molar-refractivity contribution is 0.119. The van der Waals surface area contributed by atoms with Crippen molar-refractivity contribution in [2.45, 2.75) is 66.6 Å². The van der Waals surface area contributed by atoms with Gasteiger partial charge in [-0.2, -0.15) is 0 Å². The SMILES string of the molecule is CCC(C)OP(=O)(CC(C)(C)CP(=O)(O)O)OC(C)CC. The van der Waals surface area contributed by atoms with Crippen LogP contribution in [-0.2, 0) is 18.2 Å². The molecule has 2 unspecified atom stereocenters. The molecule has 0 fully saturated rings. The molecule has 2 atom stereocenters. The number of hydrogen-bond acceptors (Lipinski definition) is 4. The fraction of sp³-hybridized carbons (Fsp3) is 1.00. The molecule has 0 rings (SSSR count). The Kier molecular flexibility index (Phi) is 8.35. The molecular formula is C13H30O6P2. The zero-order valence-corrected chi connectivity index (χ0v) is 15.7. The summed E-state index contributed by atoms with van der Waals surface area (Å²) in [6.45, 7) is 10.8. The first-order valence-corrected chi connectivity index (χ1v) is 10.9. The molecule has 0 saturated heterocycles. The molecule has 0 bridgehead atoms. The van der Waals surface area contributed by atoms with Crippen molar-refractivity contribution < 1.29 is 28.0 Å². The van der Waals surface area contributed by atoms with Crippen LogP contribution in [0.3, 0.4) is 0 Å². The summed E-state index contributed by atoms with van der Waals surface area (Å²) in [6, 6.07) is 0. The first-order chi connectivity index (χ1) is 9.32. The molecule has 8 heteroatoms. The topological polar surface area (TPSA) is 93.1 Å². The third kappa shape index (κ3) is 9.83. The van der Waals surface area contributed by atoms with E-state index in [1.54, 1.807) is 13.8 Å². The van der Waals surface area contributed by atoms with Crippen molar-refractivity contribution >= 4 is 15.2 Å². The molecule has 0 aliphatic carbocycles. The second kappa shape index (κ2) is 8.24. The Morgan fingerprint density at radius 3 is 1.62 bits per heavy atom. The van der Waals surface area contributed by atoms with Gasteiger partial charge in [0, 0.05) is 0 Å². The van der Waals surface area contributed by atoms with Crippen LogP contribution in [0.2, 0.25) is 0 Å². The normalized spacial score (nSPS) is 19.0. The Morgan fingerprint density at radius 2 is 1.33 bits per heavy atom. The highest BCUT2D eigenvalue weighted by Crippen LogP contribution is 2.57. The molecule has 0 aliphatic rings. The molecule has 2 N–H and O–H groups in total. The van der Waals surface area contributed by atoms with E-state index in [1.807, 2.05) is 27.7 Å². The average molecular weight is 344 g/mol. The maximum Gasteiger partial charge on any atom is 0.331 e. The molecule has 6 nitrogen and oxygen atoms in total. The van der Waals surface area contributed by atoms with Crippen molar-refractivity contribution in [3.8, 4) is 0 Å². The van der Waals surface area contributed by atoms with E-state index in [0.717, 1.165) is 0 Å². The van der Waals surface area contributed by atoms with Crippen molar-refractivity contribution in [2.24, 2.45) is 5.41 Å². The molecule has 0 aromatic carbocycles. The van der Waals surface area contributed by atoms with E-state index in [9.17, 15) is 9.13 Å². The highest BCUT2D eigenvalue weighted by Gasteiger charge is 2.39. The highest BCUT2D eigenvalue weighted by molar-refractivity contribution is 7.54. The molecule has 0 heterocycles. The van der Waals surface area contributed by atoms with Gasteiger partial charge in [-0.05, 0) is 32.1 Å². The average Bonchev–Trinajstić information content (AvgIpc) is 2.23. The van der Waals surface area contributed by atoms with Crippen molar-refractivity contribution in [3.05, 3.63) is 0 Å². The van der Waals surface area contributed by atoms with E-state index in [-0.39, 0.29) is 24.5 Å². The van der Waals surface area contributed by atoms with Crippen LogP contribution in [0.1, 0.15) is 54.4 Å². The van der Waals surface area contributed by atoms with E-state index in [4.69, 9.17) is 18.8 Å². The van der Waals surface area contributed by atoms with E-state index in [1.165, 1.54) is 0 Å². The monoisotopic (exact) mass is 344 g/mol. The van der Waals surface area contributed by atoms with Crippen LogP contribution in [0.4, 0.5) is 0 Å². The summed E-state index contributed by atoms with van der Waals surface area (Å²) in [5.74, 6) is 0. The van der Waals surface area contributed by atoms with Crippen LogP contribution >= 0.6 is 15.2 Å². The summed E-state index contributed by atoms with van der Waals surface area (Å²) in [5.41, 5.74) is -0.838. The van der Waals surface area contributed by atoms with Crippen LogP contribution in [0.25, 0.3) is 0 Å². The summed E-state index contributed by atoms with van der Waals surface area (Å²) in [6.07, 6.45) is 0.549. The van der Waals surface area contributed by atoms with Crippen LogP contribution < -0.4 is 0 Å². The smallest absolute Gasteiger partial charge is 0.324 e. The third-order valence-corrected chi connectivity index (χ3v) is 6.96. The minimum absolute atomic E-state index is 0.0141. The van der Waals surface area contributed by atoms with Gasteiger partial charge in [0.1, 0.15) is 0 Å². The Balaban J connectivity index is 5.13. The Labute approximate surface area is 128 Å². The Bertz CT molecular complexity index is 387. The summed E-state index contributed by atoms with van der Waals surface area (Å²) < 4.78 is 35.3. The number of hydrogen-bond donors (Lipinski definition) is 2. The van der Waals surface area contributed by atoms with Crippen LogP contribution in [0, 0.1) is 5.41 Å².